The molecular weight excluding hydrogens is 447 g/mol. The Morgan fingerprint density at radius 2 is 1.91 bits per heavy atom. The van der Waals surface area contributed by atoms with E-state index >= 15 is 0 Å². The van der Waals surface area contributed by atoms with Crippen LogP contribution in [0.5, 0.6) is 0 Å². The highest BCUT2D eigenvalue weighted by Crippen LogP contribution is 2.42. The van der Waals surface area contributed by atoms with Crippen molar-refractivity contribution < 1.29 is 14.0 Å². The minimum atomic E-state index is -0.484. The molecule has 7 heteroatoms. The van der Waals surface area contributed by atoms with Gasteiger partial charge in [-0.2, -0.15) is 0 Å². The van der Waals surface area contributed by atoms with Gasteiger partial charge >= 0.3 is 0 Å². The van der Waals surface area contributed by atoms with Crippen LogP contribution in [0.1, 0.15) is 46.5 Å². The number of hydrogen-bond donors (Lipinski definition) is 1. The van der Waals surface area contributed by atoms with Gasteiger partial charge in [0.2, 0.25) is 0 Å². The van der Waals surface area contributed by atoms with Crippen LogP contribution in [-0.4, -0.2) is 17.9 Å². The number of carbonyl (C=O) groups excluding carboxylic acids is 2. The van der Waals surface area contributed by atoms with Crippen molar-refractivity contribution in [1.29, 1.82) is 0 Å². The summed E-state index contributed by atoms with van der Waals surface area (Å²) in [5.41, 5.74) is 1.74. The van der Waals surface area contributed by atoms with Crippen LogP contribution in [0.25, 0.3) is 0 Å². The molecule has 0 spiro atoms. The summed E-state index contributed by atoms with van der Waals surface area (Å²) in [5, 5.41) is 3.19. The number of fused-ring (bicyclic) bond motifs is 2. The number of hydrogen-bond acceptors (Lipinski definition) is 3. The lowest BCUT2D eigenvalue weighted by Gasteiger charge is -2.24. The summed E-state index contributed by atoms with van der Waals surface area (Å²) in [6, 6.07) is 17.0. The van der Waals surface area contributed by atoms with E-state index in [9.17, 15) is 14.0 Å². The lowest BCUT2D eigenvalue weighted by molar-refractivity contribution is 0.0936. The third-order valence-electron chi connectivity index (χ3n) is 5.46. The predicted molar refractivity (Wildman–Crippen MR) is 126 cm³/mol. The third kappa shape index (κ3) is 4.38. The molecular formula is C25H22ClFN2O2S. The predicted octanol–water partition coefficient (Wildman–Crippen LogP) is 6.32. The van der Waals surface area contributed by atoms with Gasteiger partial charge in [0, 0.05) is 32.0 Å². The van der Waals surface area contributed by atoms with E-state index in [0.29, 0.717) is 16.8 Å². The molecule has 1 aliphatic heterocycles. The molecule has 0 fully saturated rings. The first-order valence-electron chi connectivity index (χ1n) is 10.4. The van der Waals surface area contributed by atoms with Gasteiger partial charge in [0.1, 0.15) is 5.82 Å². The Hall–Kier alpha value is -2.83. The number of carbonyl (C=O) groups is 2. The van der Waals surface area contributed by atoms with Crippen LogP contribution in [0, 0.1) is 5.82 Å². The largest absolute Gasteiger partial charge is 0.350 e. The molecule has 0 radical (unpaired) electrons. The van der Waals surface area contributed by atoms with Crippen molar-refractivity contribution in [2.75, 3.05) is 4.90 Å². The molecule has 3 aromatic carbocycles. The third-order valence-corrected chi connectivity index (χ3v) is 6.96. The standard InChI is InChI=1S/C25H22ClFN2O2S/c1-3-15(2)28-24(30)16-11-12-23-21(13-16)29(14-18-19(26)8-6-9-20(18)27)25(31)17-7-4-5-10-22(17)32-23/h4-13,15H,3,14H2,1-2H3,(H,28,30)/t15-/m0/s1. The summed E-state index contributed by atoms with van der Waals surface area (Å²) in [6.45, 7) is 3.88. The van der Waals surface area contributed by atoms with Crippen molar-refractivity contribution in [1.82, 2.24) is 5.32 Å². The van der Waals surface area contributed by atoms with Gasteiger partial charge in [-0.05, 0) is 55.8 Å². The average Bonchev–Trinajstić information content (AvgIpc) is 2.90. The second kappa shape index (κ2) is 9.35. The Morgan fingerprint density at radius 1 is 1.12 bits per heavy atom. The van der Waals surface area contributed by atoms with Gasteiger partial charge in [-0.1, -0.05) is 48.5 Å². The van der Waals surface area contributed by atoms with E-state index < -0.39 is 5.82 Å². The summed E-state index contributed by atoms with van der Waals surface area (Å²) in [4.78, 5) is 29.4. The summed E-state index contributed by atoms with van der Waals surface area (Å²) < 4.78 is 14.6. The molecule has 0 aromatic heterocycles. The number of amides is 2. The first-order valence-corrected chi connectivity index (χ1v) is 11.5. The van der Waals surface area contributed by atoms with E-state index in [-0.39, 0.29) is 35.0 Å². The zero-order valence-corrected chi connectivity index (χ0v) is 19.3. The van der Waals surface area contributed by atoms with Crippen molar-refractivity contribution in [3.8, 4) is 0 Å². The summed E-state index contributed by atoms with van der Waals surface area (Å²) in [6.07, 6.45) is 0.804. The summed E-state index contributed by atoms with van der Waals surface area (Å²) in [7, 11) is 0. The fraction of sp³-hybridized carbons (Fsp3) is 0.200. The lowest BCUT2D eigenvalue weighted by Crippen LogP contribution is -2.33. The maximum Gasteiger partial charge on any atom is 0.259 e. The molecule has 0 bridgehead atoms. The molecule has 2 amide bonds. The molecule has 0 saturated carbocycles. The van der Waals surface area contributed by atoms with E-state index in [0.717, 1.165) is 16.2 Å². The van der Waals surface area contributed by atoms with E-state index in [1.165, 1.54) is 28.8 Å². The van der Waals surface area contributed by atoms with Gasteiger partial charge < -0.3 is 10.2 Å². The van der Waals surface area contributed by atoms with Gasteiger partial charge in [-0.3, -0.25) is 9.59 Å². The number of nitrogens with zero attached hydrogens (tertiary/aromatic N) is 1. The zero-order valence-electron chi connectivity index (χ0n) is 17.7. The van der Waals surface area contributed by atoms with Crippen LogP contribution < -0.4 is 10.2 Å². The van der Waals surface area contributed by atoms with Crippen LogP contribution in [0.15, 0.2) is 70.5 Å². The number of benzene rings is 3. The molecule has 1 atom stereocenters. The summed E-state index contributed by atoms with van der Waals surface area (Å²) in [5.74, 6) is -0.974. The highest BCUT2D eigenvalue weighted by molar-refractivity contribution is 7.99. The number of nitrogens with one attached hydrogen (secondary N) is 1. The highest BCUT2D eigenvalue weighted by atomic mass is 35.5. The van der Waals surface area contributed by atoms with E-state index in [1.807, 2.05) is 32.0 Å². The topological polar surface area (TPSA) is 49.4 Å². The first-order chi connectivity index (χ1) is 15.4. The Morgan fingerprint density at radius 3 is 2.66 bits per heavy atom. The van der Waals surface area contributed by atoms with Crippen molar-refractivity contribution in [3.63, 3.8) is 0 Å². The van der Waals surface area contributed by atoms with Crippen LogP contribution in [0.4, 0.5) is 10.1 Å². The molecule has 4 rings (SSSR count). The first kappa shape index (κ1) is 22.4. The molecule has 32 heavy (non-hydrogen) atoms. The minimum absolute atomic E-state index is 0.0231. The molecule has 4 nitrogen and oxygen atoms in total. The molecule has 164 valence electrons. The number of anilines is 1. The van der Waals surface area contributed by atoms with Crippen molar-refractivity contribution in [2.24, 2.45) is 0 Å². The molecule has 1 N–H and O–H groups in total. The number of rotatable bonds is 5. The van der Waals surface area contributed by atoms with Crippen LogP contribution >= 0.6 is 23.4 Å². The van der Waals surface area contributed by atoms with Crippen molar-refractivity contribution in [2.45, 2.75) is 42.6 Å². The Kier molecular flexibility index (Phi) is 6.53. The monoisotopic (exact) mass is 468 g/mol. The van der Waals surface area contributed by atoms with Gasteiger partial charge in [0.15, 0.2) is 0 Å². The number of halogens is 2. The van der Waals surface area contributed by atoms with Gasteiger partial charge in [0.05, 0.1) is 17.8 Å². The second-order valence-electron chi connectivity index (χ2n) is 7.65. The van der Waals surface area contributed by atoms with Gasteiger partial charge in [-0.15, -0.1) is 0 Å². The van der Waals surface area contributed by atoms with Crippen LogP contribution in [-0.2, 0) is 6.54 Å². The average molecular weight is 469 g/mol. The molecule has 1 heterocycles. The Balaban J connectivity index is 1.83. The smallest absolute Gasteiger partial charge is 0.259 e. The fourth-order valence-corrected chi connectivity index (χ4v) is 4.75. The van der Waals surface area contributed by atoms with E-state index in [2.05, 4.69) is 5.32 Å². The SMILES string of the molecule is CC[C@H](C)NC(=O)c1ccc2c(c1)N(Cc1c(F)cccc1Cl)C(=O)c1ccccc1S2. The molecule has 0 saturated heterocycles. The maximum atomic E-state index is 14.6. The van der Waals surface area contributed by atoms with Gasteiger partial charge in [-0.25, -0.2) is 4.39 Å². The van der Waals surface area contributed by atoms with Crippen molar-refractivity contribution in [3.05, 3.63) is 88.2 Å². The fourth-order valence-electron chi connectivity index (χ4n) is 3.47. The zero-order chi connectivity index (χ0) is 22.8. The summed E-state index contributed by atoms with van der Waals surface area (Å²) >= 11 is 7.72. The normalized spacial score (nSPS) is 13.8. The van der Waals surface area contributed by atoms with Crippen LogP contribution in [0.3, 0.4) is 0 Å². The highest BCUT2D eigenvalue weighted by Gasteiger charge is 2.29. The second-order valence-corrected chi connectivity index (χ2v) is 9.15. The molecule has 0 unspecified atom stereocenters. The lowest BCUT2D eigenvalue weighted by atomic mass is 10.1. The molecule has 0 aliphatic carbocycles. The minimum Gasteiger partial charge on any atom is -0.350 e. The quantitative estimate of drug-likeness (QED) is 0.476. The Bertz CT molecular complexity index is 1180. The maximum absolute atomic E-state index is 14.6. The molecule has 3 aromatic rings. The van der Waals surface area contributed by atoms with E-state index in [1.54, 1.807) is 30.3 Å². The van der Waals surface area contributed by atoms with E-state index in [4.69, 9.17) is 11.6 Å². The van der Waals surface area contributed by atoms with Crippen molar-refractivity contribution >= 4 is 40.9 Å². The Labute approximate surface area is 195 Å². The molecule has 1 aliphatic rings. The van der Waals surface area contributed by atoms with Crippen LogP contribution in [0.2, 0.25) is 5.02 Å². The van der Waals surface area contributed by atoms with Gasteiger partial charge in [0.25, 0.3) is 11.8 Å².